The molecule has 2 rings (SSSR count). The predicted octanol–water partition coefficient (Wildman–Crippen LogP) is 3.93. The minimum atomic E-state index is -2.79. The van der Waals surface area contributed by atoms with Crippen LogP contribution in [0.3, 0.4) is 0 Å². The fourth-order valence-corrected chi connectivity index (χ4v) is 1.91. The van der Waals surface area contributed by atoms with Crippen LogP contribution in [-0.4, -0.2) is 6.61 Å². The number of hydrogen-bond donors (Lipinski definition) is 1. The van der Waals surface area contributed by atoms with Crippen LogP contribution >= 0.6 is 15.9 Å². The molecule has 102 valence electrons. The Hall–Kier alpha value is -1.40. The Morgan fingerprint density at radius 2 is 1.84 bits per heavy atom. The van der Waals surface area contributed by atoms with Gasteiger partial charge in [-0.15, -0.1) is 0 Å². The summed E-state index contributed by atoms with van der Waals surface area (Å²) in [5.41, 5.74) is 0.979. The zero-order valence-corrected chi connectivity index (χ0v) is 11.5. The summed E-state index contributed by atoms with van der Waals surface area (Å²) in [5, 5.41) is 3.19. The maximum atomic E-state index is 12.0. The summed E-state index contributed by atoms with van der Waals surface area (Å²) in [4.78, 5) is 0. The van der Waals surface area contributed by atoms with Crippen LogP contribution in [0.25, 0.3) is 0 Å². The van der Waals surface area contributed by atoms with Gasteiger partial charge >= 0.3 is 6.61 Å². The first-order chi connectivity index (χ1) is 9.13. The highest BCUT2D eigenvalue weighted by Crippen LogP contribution is 2.16. The van der Waals surface area contributed by atoms with Gasteiger partial charge in [0.2, 0.25) is 0 Å². The van der Waals surface area contributed by atoms with Crippen LogP contribution in [0.1, 0.15) is 11.3 Å². The molecule has 0 saturated carbocycles. The molecule has 0 amide bonds. The van der Waals surface area contributed by atoms with Crippen molar-refractivity contribution in [1.82, 2.24) is 5.32 Å². The van der Waals surface area contributed by atoms with E-state index in [1.54, 1.807) is 12.1 Å². The predicted molar refractivity (Wildman–Crippen MR) is 70.0 cm³/mol. The number of alkyl halides is 2. The van der Waals surface area contributed by atoms with Gasteiger partial charge in [0.25, 0.3) is 0 Å². The van der Waals surface area contributed by atoms with Gasteiger partial charge in [-0.25, -0.2) is 0 Å². The van der Waals surface area contributed by atoms with E-state index in [9.17, 15) is 8.78 Å². The Bertz CT molecular complexity index is 514. The molecule has 2 aromatic rings. The zero-order chi connectivity index (χ0) is 13.7. The monoisotopic (exact) mass is 331 g/mol. The lowest BCUT2D eigenvalue weighted by Crippen LogP contribution is -2.12. The maximum absolute atomic E-state index is 12.0. The van der Waals surface area contributed by atoms with Crippen molar-refractivity contribution < 1.29 is 17.9 Å². The first-order valence-corrected chi connectivity index (χ1v) is 6.41. The fraction of sp³-hybridized carbons (Fsp3) is 0.231. The Labute approximate surface area is 117 Å². The van der Waals surface area contributed by atoms with Crippen LogP contribution in [0.5, 0.6) is 5.75 Å². The SMILES string of the molecule is FC(F)Oc1ccc(CNCc2ccc(Br)o2)cc1. The van der Waals surface area contributed by atoms with Crippen molar-refractivity contribution in [3.8, 4) is 5.75 Å². The van der Waals surface area contributed by atoms with E-state index in [1.165, 1.54) is 12.1 Å². The molecule has 0 radical (unpaired) electrons. The minimum absolute atomic E-state index is 0.161. The molecule has 0 aliphatic carbocycles. The van der Waals surface area contributed by atoms with Gasteiger partial charge in [-0.05, 0) is 45.8 Å². The second-order valence-corrected chi connectivity index (χ2v) is 4.61. The molecule has 0 atom stereocenters. The molecular formula is C13H12BrF2NO2. The van der Waals surface area contributed by atoms with Gasteiger partial charge in [0.05, 0.1) is 6.54 Å². The summed E-state index contributed by atoms with van der Waals surface area (Å²) in [6.45, 7) is -1.57. The average molecular weight is 332 g/mol. The van der Waals surface area contributed by atoms with E-state index in [1.807, 2.05) is 12.1 Å². The molecule has 0 unspecified atom stereocenters. The molecule has 0 aliphatic heterocycles. The molecule has 1 N–H and O–H groups in total. The highest BCUT2D eigenvalue weighted by atomic mass is 79.9. The van der Waals surface area contributed by atoms with Crippen LogP contribution in [0.2, 0.25) is 0 Å². The molecule has 6 heteroatoms. The minimum Gasteiger partial charge on any atom is -0.453 e. The van der Waals surface area contributed by atoms with Crippen molar-refractivity contribution in [3.05, 3.63) is 52.4 Å². The molecule has 3 nitrogen and oxygen atoms in total. The van der Waals surface area contributed by atoms with Crippen molar-refractivity contribution in [3.63, 3.8) is 0 Å². The number of halogens is 3. The van der Waals surface area contributed by atoms with Gasteiger partial charge < -0.3 is 14.5 Å². The lowest BCUT2D eigenvalue weighted by atomic mass is 10.2. The Kier molecular flexibility index (Phi) is 4.93. The Morgan fingerprint density at radius 1 is 1.11 bits per heavy atom. The first kappa shape index (κ1) is 14.0. The average Bonchev–Trinajstić information content (AvgIpc) is 2.77. The van der Waals surface area contributed by atoms with E-state index in [-0.39, 0.29) is 5.75 Å². The maximum Gasteiger partial charge on any atom is 0.387 e. The van der Waals surface area contributed by atoms with Gasteiger partial charge in [-0.2, -0.15) is 8.78 Å². The number of nitrogens with one attached hydrogen (secondary N) is 1. The summed E-state index contributed by atoms with van der Waals surface area (Å²) in [6, 6.07) is 10.2. The van der Waals surface area contributed by atoms with Crippen LogP contribution in [0.4, 0.5) is 8.78 Å². The van der Waals surface area contributed by atoms with Crippen molar-refractivity contribution in [2.75, 3.05) is 0 Å². The van der Waals surface area contributed by atoms with E-state index in [0.717, 1.165) is 11.3 Å². The second kappa shape index (κ2) is 6.68. The smallest absolute Gasteiger partial charge is 0.387 e. The molecule has 0 bridgehead atoms. The fourth-order valence-electron chi connectivity index (χ4n) is 1.57. The summed E-state index contributed by atoms with van der Waals surface area (Å²) in [6.07, 6.45) is 0. The highest BCUT2D eigenvalue weighted by Gasteiger charge is 2.04. The summed E-state index contributed by atoms with van der Waals surface area (Å²) < 4.78 is 34.2. The van der Waals surface area contributed by atoms with Crippen molar-refractivity contribution >= 4 is 15.9 Å². The zero-order valence-electron chi connectivity index (χ0n) is 9.91. The Balaban J connectivity index is 1.79. The third-order valence-corrected chi connectivity index (χ3v) is 2.83. The summed E-state index contributed by atoms with van der Waals surface area (Å²) >= 11 is 3.23. The molecule has 1 heterocycles. The van der Waals surface area contributed by atoms with E-state index < -0.39 is 6.61 Å². The van der Waals surface area contributed by atoms with Crippen LogP contribution in [0, 0.1) is 0 Å². The third kappa shape index (κ3) is 4.65. The van der Waals surface area contributed by atoms with Gasteiger partial charge in [-0.3, -0.25) is 0 Å². The second-order valence-electron chi connectivity index (χ2n) is 3.83. The van der Waals surface area contributed by atoms with Gasteiger partial charge in [-0.1, -0.05) is 12.1 Å². The molecular weight excluding hydrogens is 320 g/mol. The molecule has 1 aromatic carbocycles. The topological polar surface area (TPSA) is 34.4 Å². The van der Waals surface area contributed by atoms with Crippen molar-refractivity contribution in [1.29, 1.82) is 0 Å². The lowest BCUT2D eigenvalue weighted by molar-refractivity contribution is -0.0498. The largest absolute Gasteiger partial charge is 0.453 e. The van der Waals surface area contributed by atoms with Crippen molar-refractivity contribution in [2.45, 2.75) is 19.7 Å². The molecule has 0 fully saturated rings. The number of hydrogen-bond acceptors (Lipinski definition) is 3. The third-order valence-electron chi connectivity index (χ3n) is 2.41. The standard InChI is InChI=1S/C13H12BrF2NO2/c14-12-6-5-11(18-12)8-17-7-9-1-3-10(4-2-9)19-13(15)16/h1-6,13,17H,7-8H2. The van der Waals surface area contributed by atoms with Crippen LogP contribution < -0.4 is 10.1 Å². The number of benzene rings is 1. The number of ether oxygens (including phenoxy) is 1. The molecule has 0 spiro atoms. The van der Waals surface area contributed by atoms with Crippen molar-refractivity contribution in [2.24, 2.45) is 0 Å². The quantitative estimate of drug-likeness (QED) is 0.870. The number of rotatable bonds is 6. The van der Waals surface area contributed by atoms with Gasteiger partial charge in [0, 0.05) is 6.54 Å². The molecule has 0 saturated heterocycles. The van der Waals surface area contributed by atoms with E-state index in [0.29, 0.717) is 17.8 Å². The summed E-state index contributed by atoms with van der Waals surface area (Å²) in [7, 11) is 0. The normalized spacial score (nSPS) is 10.9. The molecule has 0 aliphatic rings. The molecule has 1 aromatic heterocycles. The molecule has 19 heavy (non-hydrogen) atoms. The first-order valence-electron chi connectivity index (χ1n) is 5.62. The number of furan rings is 1. The van der Waals surface area contributed by atoms with Gasteiger partial charge in [0.15, 0.2) is 4.67 Å². The van der Waals surface area contributed by atoms with Crippen LogP contribution in [0.15, 0.2) is 45.5 Å². The van der Waals surface area contributed by atoms with Crippen LogP contribution in [-0.2, 0) is 13.1 Å². The lowest BCUT2D eigenvalue weighted by Gasteiger charge is -2.06. The highest BCUT2D eigenvalue weighted by molar-refractivity contribution is 9.10. The van der Waals surface area contributed by atoms with E-state index >= 15 is 0 Å². The Morgan fingerprint density at radius 3 is 2.42 bits per heavy atom. The summed E-state index contributed by atoms with van der Waals surface area (Å²) in [5.74, 6) is 0.984. The van der Waals surface area contributed by atoms with E-state index in [2.05, 4.69) is 26.0 Å². The van der Waals surface area contributed by atoms with E-state index in [4.69, 9.17) is 4.42 Å². The van der Waals surface area contributed by atoms with Gasteiger partial charge in [0.1, 0.15) is 11.5 Å².